The first kappa shape index (κ1) is 15.2. The van der Waals surface area contributed by atoms with E-state index >= 15 is 0 Å². The van der Waals surface area contributed by atoms with E-state index in [9.17, 15) is 14.7 Å². The molecule has 0 aliphatic heterocycles. The molecule has 104 valence electrons. The molecule has 0 unspecified atom stereocenters. The summed E-state index contributed by atoms with van der Waals surface area (Å²) in [6.45, 7) is 3.56. The molecule has 0 aromatic heterocycles. The molecule has 0 saturated heterocycles. The van der Waals surface area contributed by atoms with Crippen LogP contribution in [-0.4, -0.2) is 34.0 Å². The Balaban J connectivity index is 2.98. The molecule has 0 spiro atoms. The van der Waals surface area contributed by atoms with Crippen LogP contribution in [0.5, 0.6) is 0 Å². The fourth-order valence-electron chi connectivity index (χ4n) is 1.91. The second-order valence-corrected chi connectivity index (χ2v) is 4.50. The molecule has 19 heavy (non-hydrogen) atoms. The Morgan fingerprint density at radius 2 is 1.89 bits per heavy atom. The summed E-state index contributed by atoms with van der Waals surface area (Å²) < 4.78 is 0. The Labute approximate surface area is 113 Å². The second kappa shape index (κ2) is 6.89. The molecule has 0 aliphatic rings. The Kier molecular flexibility index (Phi) is 5.51. The highest BCUT2D eigenvalue weighted by Gasteiger charge is 2.29. The molecule has 3 N–H and O–H groups in total. The highest BCUT2D eigenvalue weighted by Crippen LogP contribution is 2.12. The summed E-state index contributed by atoms with van der Waals surface area (Å²) in [5, 5.41) is 9.22. The number of hydrogen-bond donors (Lipinski definition) is 2. The van der Waals surface area contributed by atoms with Crippen molar-refractivity contribution in [2.75, 3.05) is 0 Å². The molecule has 5 heteroatoms. The van der Waals surface area contributed by atoms with E-state index in [1.807, 2.05) is 30.3 Å². The lowest BCUT2D eigenvalue weighted by molar-refractivity contribution is -0.151. The van der Waals surface area contributed by atoms with Gasteiger partial charge in [-0.05, 0) is 18.9 Å². The number of carbonyl (C=O) groups is 2. The molecule has 0 radical (unpaired) electrons. The van der Waals surface area contributed by atoms with Crippen LogP contribution in [0.25, 0.3) is 0 Å². The predicted molar refractivity (Wildman–Crippen MR) is 72.4 cm³/mol. The van der Waals surface area contributed by atoms with Crippen molar-refractivity contribution < 1.29 is 14.7 Å². The second-order valence-electron chi connectivity index (χ2n) is 4.50. The van der Waals surface area contributed by atoms with Crippen molar-refractivity contribution in [2.24, 2.45) is 5.73 Å². The lowest BCUT2D eigenvalue weighted by Gasteiger charge is -2.29. The first-order chi connectivity index (χ1) is 8.97. The van der Waals surface area contributed by atoms with Gasteiger partial charge in [0, 0.05) is 6.54 Å². The average molecular weight is 264 g/mol. The zero-order valence-electron chi connectivity index (χ0n) is 11.2. The lowest BCUT2D eigenvalue weighted by atomic mass is 10.1. The predicted octanol–water partition coefficient (Wildman–Crippen LogP) is 1.23. The number of hydrogen-bond acceptors (Lipinski definition) is 3. The van der Waals surface area contributed by atoms with Crippen LogP contribution in [0.4, 0.5) is 0 Å². The molecule has 2 atom stereocenters. The van der Waals surface area contributed by atoms with E-state index in [4.69, 9.17) is 5.73 Å². The van der Waals surface area contributed by atoms with Crippen LogP contribution >= 0.6 is 0 Å². The van der Waals surface area contributed by atoms with Gasteiger partial charge in [-0.3, -0.25) is 4.79 Å². The normalized spacial score (nSPS) is 13.6. The molecule has 0 heterocycles. The van der Waals surface area contributed by atoms with Gasteiger partial charge in [0.2, 0.25) is 5.91 Å². The first-order valence-electron chi connectivity index (χ1n) is 6.30. The summed E-state index contributed by atoms with van der Waals surface area (Å²) in [6, 6.07) is 7.73. The molecule has 0 saturated carbocycles. The van der Waals surface area contributed by atoms with Gasteiger partial charge in [-0.1, -0.05) is 37.3 Å². The van der Waals surface area contributed by atoms with Crippen LogP contribution in [0.3, 0.4) is 0 Å². The van der Waals surface area contributed by atoms with Crippen LogP contribution < -0.4 is 5.73 Å². The maximum absolute atomic E-state index is 12.1. The third kappa shape index (κ3) is 4.06. The number of rotatable bonds is 6. The van der Waals surface area contributed by atoms with E-state index in [2.05, 4.69) is 0 Å². The number of carbonyl (C=O) groups excluding carboxylic acids is 1. The maximum atomic E-state index is 12.1. The third-order valence-corrected chi connectivity index (χ3v) is 2.92. The Morgan fingerprint density at radius 1 is 1.32 bits per heavy atom. The number of carboxylic acids is 1. The largest absolute Gasteiger partial charge is 0.480 e. The number of amides is 1. The number of aliphatic carboxylic acids is 1. The fraction of sp³-hybridized carbons (Fsp3) is 0.429. The monoisotopic (exact) mass is 264 g/mol. The van der Waals surface area contributed by atoms with Gasteiger partial charge in [-0.15, -0.1) is 0 Å². The molecule has 1 aromatic carbocycles. The van der Waals surface area contributed by atoms with E-state index < -0.39 is 18.1 Å². The quantitative estimate of drug-likeness (QED) is 0.809. The molecule has 1 amide bonds. The smallest absolute Gasteiger partial charge is 0.326 e. The van der Waals surface area contributed by atoms with E-state index in [1.54, 1.807) is 13.8 Å². The van der Waals surface area contributed by atoms with Gasteiger partial charge in [0.05, 0.1) is 6.04 Å². The molecule has 1 rings (SSSR count). The molecule has 0 aliphatic carbocycles. The number of benzene rings is 1. The summed E-state index contributed by atoms with van der Waals surface area (Å²) >= 11 is 0. The molecular weight excluding hydrogens is 244 g/mol. The van der Waals surface area contributed by atoms with Crippen LogP contribution in [0.1, 0.15) is 25.8 Å². The zero-order chi connectivity index (χ0) is 14.4. The zero-order valence-corrected chi connectivity index (χ0v) is 11.2. The summed E-state index contributed by atoms with van der Waals surface area (Å²) in [6.07, 6.45) is 0.348. The van der Waals surface area contributed by atoms with Crippen LogP contribution in [0, 0.1) is 0 Å². The van der Waals surface area contributed by atoms with Gasteiger partial charge in [0.1, 0.15) is 6.04 Å². The van der Waals surface area contributed by atoms with Gasteiger partial charge in [0.15, 0.2) is 0 Å². The highest BCUT2D eigenvalue weighted by atomic mass is 16.4. The van der Waals surface area contributed by atoms with Gasteiger partial charge in [-0.25, -0.2) is 4.79 Å². The number of nitrogens with two attached hydrogens (primary N) is 1. The SMILES string of the molecule is CC[C@@H](C(=O)O)N(Cc1ccccc1)C(=O)[C@@H](C)N. The summed E-state index contributed by atoms with van der Waals surface area (Å²) in [4.78, 5) is 24.7. The van der Waals surface area contributed by atoms with E-state index in [1.165, 1.54) is 4.90 Å². The van der Waals surface area contributed by atoms with Crippen molar-refractivity contribution in [3.8, 4) is 0 Å². The van der Waals surface area contributed by atoms with Gasteiger partial charge in [0.25, 0.3) is 0 Å². The molecule has 5 nitrogen and oxygen atoms in total. The standard InChI is InChI=1S/C14H20N2O3/c1-3-12(14(18)19)16(13(17)10(2)15)9-11-7-5-4-6-8-11/h4-8,10,12H,3,9,15H2,1-2H3,(H,18,19)/t10-,12+/m1/s1. The lowest BCUT2D eigenvalue weighted by Crippen LogP contribution is -2.49. The third-order valence-electron chi connectivity index (χ3n) is 2.92. The minimum absolute atomic E-state index is 0.256. The Hall–Kier alpha value is -1.88. The average Bonchev–Trinajstić information content (AvgIpc) is 2.38. The first-order valence-corrected chi connectivity index (χ1v) is 6.30. The van der Waals surface area contributed by atoms with Crippen molar-refractivity contribution in [1.82, 2.24) is 4.90 Å². The minimum Gasteiger partial charge on any atom is -0.480 e. The van der Waals surface area contributed by atoms with Crippen molar-refractivity contribution in [1.29, 1.82) is 0 Å². The summed E-state index contributed by atoms with van der Waals surface area (Å²) in [5.41, 5.74) is 6.48. The molecular formula is C14H20N2O3. The van der Waals surface area contributed by atoms with Gasteiger partial charge in [-0.2, -0.15) is 0 Å². The Bertz CT molecular complexity index is 432. The van der Waals surface area contributed by atoms with Crippen LogP contribution in [-0.2, 0) is 16.1 Å². The van der Waals surface area contributed by atoms with Crippen LogP contribution in [0.15, 0.2) is 30.3 Å². The number of carboxylic acid groups (broad SMARTS) is 1. The molecule has 0 fully saturated rings. The highest BCUT2D eigenvalue weighted by molar-refractivity contribution is 5.86. The maximum Gasteiger partial charge on any atom is 0.326 e. The van der Waals surface area contributed by atoms with E-state index in [0.717, 1.165) is 5.56 Å². The van der Waals surface area contributed by atoms with Crippen LogP contribution in [0.2, 0.25) is 0 Å². The minimum atomic E-state index is -1.01. The number of nitrogens with zero attached hydrogens (tertiary/aromatic N) is 1. The fourth-order valence-corrected chi connectivity index (χ4v) is 1.91. The van der Waals surface area contributed by atoms with E-state index in [0.29, 0.717) is 6.42 Å². The summed E-state index contributed by atoms with van der Waals surface area (Å²) in [5.74, 6) is -1.36. The summed E-state index contributed by atoms with van der Waals surface area (Å²) in [7, 11) is 0. The Morgan fingerprint density at radius 3 is 2.32 bits per heavy atom. The van der Waals surface area contributed by atoms with Crippen molar-refractivity contribution in [3.63, 3.8) is 0 Å². The van der Waals surface area contributed by atoms with Crippen molar-refractivity contribution in [3.05, 3.63) is 35.9 Å². The van der Waals surface area contributed by atoms with Gasteiger partial charge >= 0.3 is 5.97 Å². The van der Waals surface area contributed by atoms with Crippen molar-refractivity contribution >= 4 is 11.9 Å². The van der Waals surface area contributed by atoms with Gasteiger partial charge < -0.3 is 15.7 Å². The van der Waals surface area contributed by atoms with E-state index in [-0.39, 0.29) is 12.5 Å². The molecule has 0 bridgehead atoms. The topological polar surface area (TPSA) is 83.6 Å². The molecule has 1 aromatic rings. The van der Waals surface area contributed by atoms with Crippen molar-refractivity contribution in [2.45, 2.75) is 38.9 Å².